The summed E-state index contributed by atoms with van der Waals surface area (Å²) in [4.78, 5) is 16.2. The maximum atomic E-state index is 11.8. The second-order valence-corrected chi connectivity index (χ2v) is 5.66. The van der Waals surface area contributed by atoms with Gasteiger partial charge in [0.2, 0.25) is 0 Å². The summed E-state index contributed by atoms with van der Waals surface area (Å²) in [6, 6.07) is 0. The first kappa shape index (κ1) is 12.5. The van der Waals surface area contributed by atoms with Crippen LogP contribution in [-0.4, -0.2) is 26.3 Å². The Morgan fingerprint density at radius 3 is 2.67 bits per heavy atom. The summed E-state index contributed by atoms with van der Waals surface area (Å²) in [6.07, 6.45) is 0. The molecule has 2 aromatic rings. The molecule has 0 radical (unpaired) electrons. The molecule has 2 aromatic heterocycles. The highest BCUT2D eigenvalue weighted by Crippen LogP contribution is 2.26. The minimum Gasteiger partial charge on any atom is -0.380 e. The first-order valence-corrected chi connectivity index (χ1v) is 6.19. The standard InChI is InChI=1S/C10H14N6OS/c1-10(2,3)5-4-18-9(12-5)13-8(17)6-7(11)15-16-14-6/h4H,1-3H3,(H,12,13,17)(H3,11,14,15,16). The van der Waals surface area contributed by atoms with Gasteiger partial charge in [-0.25, -0.2) is 4.98 Å². The number of rotatable bonds is 2. The van der Waals surface area contributed by atoms with Gasteiger partial charge in [0.25, 0.3) is 5.91 Å². The number of aromatic nitrogens is 4. The third-order valence-electron chi connectivity index (χ3n) is 2.28. The van der Waals surface area contributed by atoms with Gasteiger partial charge in [-0.15, -0.1) is 21.5 Å². The van der Waals surface area contributed by atoms with Crippen molar-refractivity contribution in [3.05, 3.63) is 16.8 Å². The number of aromatic amines is 1. The van der Waals surface area contributed by atoms with Crippen molar-refractivity contribution < 1.29 is 4.79 Å². The van der Waals surface area contributed by atoms with Crippen LogP contribution in [0, 0.1) is 0 Å². The molecular formula is C10H14N6OS. The third-order valence-corrected chi connectivity index (χ3v) is 3.04. The maximum absolute atomic E-state index is 11.8. The Bertz CT molecular complexity index is 567. The molecule has 0 spiro atoms. The Labute approximate surface area is 108 Å². The molecule has 0 aromatic carbocycles. The van der Waals surface area contributed by atoms with Gasteiger partial charge in [0.05, 0.1) is 5.69 Å². The van der Waals surface area contributed by atoms with Crippen molar-refractivity contribution in [1.82, 2.24) is 20.4 Å². The highest BCUT2D eigenvalue weighted by Gasteiger charge is 2.20. The Kier molecular flexibility index (Phi) is 3.04. The van der Waals surface area contributed by atoms with Crippen LogP contribution in [-0.2, 0) is 5.41 Å². The fourth-order valence-electron chi connectivity index (χ4n) is 1.24. The summed E-state index contributed by atoms with van der Waals surface area (Å²) in [5.74, 6) is -0.351. The van der Waals surface area contributed by atoms with E-state index in [4.69, 9.17) is 5.73 Å². The summed E-state index contributed by atoms with van der Waals surface area (Å²) in [5, 5.41) is 14.6. The van der Waals surface area contributed by atoms with Crippen LogP contribution in [0.2, 0.25) is 0 Å². The lowest BCUT2D eigenvalue weighted by atomic mass is 9.93. The number of nitrogens with one attached hydrogen (secondary N) is 2. The molecule has 8 heteroatoms. The highest BCUT2D eigenvalue weighted by atomic mass is 32.1. The van der Waals surface area contributed by atoms with Crippen LogP contribution in [0.25, 0.3) is 0 Å². The van der Waals surface area contributed by atoms with Gasteiger partial charge in [-0.05, 0) is 0 Å². The Hall–Kier alpha value is -1.96. The van der Waals surface area contributed by atoms with Crippen molar-refractivity contribution in [2.24, 2.45) is 0 Å². The second-order valence-electron chi connectivity index (χ2n) is 4.80. The fourth-order valence-corrected chi connectivity index (χ4v) is 2.17. The number of hydrogen-bond donors (Lipinski definition) is 3. The smallest absolute Gasteiger partial charge is 0.281 e. The molecule has 4 N–H and O–H groups in total. The average Bonchev–Trinajstić information content (AvgIpc) is 2.85. The van der Waals surface area contributed by atoms with Gasteiger partial charge < -0.3 is 5.73 Å². The topological polar surface area (TPSA) is 110 Å². The highest BCUT2D eigenvalue weighted by molar-refractivity contribution is 7.14. The second kappa shape index (κ2) is 4.37. The number of nitrogens with zero attached hydrogens (tertiary/aromatic N) is 3. The van der Waals surface area contributed by atoms with Crippen molar-refractivity contribution in [3.63, 3.8) is 0 Å². The van der Waals surface area contributed by atoms with E-state index < -0.39 is 5.91 Å². The molecule has 2 heterocycles. The maximum Gasteiger partial charge on any atom is 0.281 e. The van der Waals surface area contributed by atoms with Crippen LogP contribution >= 0.6 is 11.3 Å². The molecule has 2 rings (SSSR count). The SMILES string of the molecule is CC(C)(C)c1csc(NC(=O)c2n[nH]nc2N)n1. The minimum absolute atomic E-state index is 0.0492. The van der Waals surface area contributed by atoms with E-state index in [0.29, 0.717) is 5.13 Å². The molecule has 0 saturated carbocycles. The summed E-state index contributed by atoms with van der Waals surface area (Å²) in [6.45, 7) is 6.18. The van der Waals surface area contributed by atoms with E-state index in [1.54, 1.807) is 0 Å². The molecule has 0 atom stereocenters. The molecule has 0 fully saturated rings. The number of thiazole rings is 1. The summed E-state index contributed by atoms with van der Waals surface area (Å²) >= 11 is 1.37. The molecule has 0 unspecified atom stereocenters. The van der Waals surface area contributed by atoms with E-state index >= 15 is 0 Å². The number of nitrogen functional groups attached to an aromatic ring is 1. The first-order valence-electron chi connectivity index (χ1n) is 5.31. The number of nitrogens with two attached hydrogens (primary N) is 1. The van der Waals surface area contributed by atoms with Crippen LogP contribution < -0.4 is 11.1 Å². The Morgan fingerprint density at radius 1 is 1.44 bits per heavy atom. The van der Waals surface area contributed by atoms with E-state index in [0.717, 1.165) is 5.69 Å². The van der Waals surface area contributed by atoms with Crippen molar-refractivity contribution >= 4 is 28.2 Å². The minimum atomic E-state index is -0.420. The zero-order valence-corrected chi connectivity index (χ0v) is 11.1. The fraction of sp³-hybridized carbons (Fsp3) is 0.400. The molecular weight excluding hydrogens is 252 g/mol. The number of amides is 1. The molecule has 0 aliphatic heterocycles. The number of carbonyl (C=O) groups excluding carboxylic acids is 1. The van der Waals surface area contributed by atoms with E-state index in [2.05, 4.69) is 46.5 Å². The Morgan fingerprint density at radius 2 is 2.17 bits per heavy atom. The lowest BCUT2D eigenvalue weighted by molar-refractivity contribution is 0.102. The predicted molar refractivity (Wildman–Crippen MR) is 69.6 cm³/mol. The molecule has 0 bridgehead atoms. The third kappa shape index (κ3) is 2.48. The monoisotopic (exact) mass is 266 g/mol. The van der Waals surface area contributed by atoms with Crippen LogP contribution in [0.3, 0.4) is 0 Å². The van der Waals surface area contributed by atoms with Crippen molar-refractivity contribution in [1.29, 1.82) is 0 Å². The summed E-state index contributed by atoms with van der Waals surface area (Å²) < 4.78 is 0. The number of carbonyl (C=O) groups is 1. The van der Waals surface area contributed by atoms with Crippen molar-refractivity contribution in [3.8, 4) is 0 Å². The van der Waals surface area contributed by atoms with Gasteiger partial charge in [-0.1, -0.05) is 20.8 Å². The Balaban J connectivity index is 2.13. The van der Waals surface area contributed by atoms with Crippen molar-refractivity contribution in [2.75, 3.05) is 11.1 Å². The molecule has 0 saturated heterocycles. The van der Waals surface area contributed by atoms with E-state index in [9.17, 15) is 4.79 Å². The van der Waals surface area contributed by atoms with Gasteiger partial charge in [-0.2, -0.15) is 5.21 Å². The number of hydrogen-bond acceptors (Lipinski definition) is 6. The summed E-state index contributed by atoms with van der Waals surface area (Å²) in [5.41, 5.74) is 6.44. The quantitative estimate of drug-likeness (QED) is 0.761. The van der Waals surface area contributed by atoms with Gasteiger partial charge in [0.1, 0.15) is 0 Å². The van der Waals surface area contributed by atoms with Crippen LogP contribution in [0.5, 0.6) is 0 Å². The van der Waals surface area contributed by atoms with Crippen LogP contribution in [0.1, 0.15) is 37.0 Å². The predicted octanol–water partition coefficient (Wildman–Crippen LogP) is 1.39. The van der Waals surface area contributed by atoms with Crippen molar-refractivity contribution in [2.45, 2.75) is 26.2 Å². The zero-order valence-electron chi connectivity index (χ0n) is 10.3. The molecule has 0 aliphatic rings. The lowest BCUT2D eigenvalue weighted by Crippen LogP contribution is -2.15. The molecule has 96 valence electrons. The normalized spacial score (nSPS) is 11.5. The molecule has 18 heavy (non-hydrogen) atoms. The molecule has 7 nitrogen and oxygen atoms in total. The van der Waals surface area contributed by atoms with E-state index in [1.807, 2.05) is 5.38 Å². The zero-order chi connectivity index (χ0) is 13.3. The van der Waals surface area contributed by atoms with Gasteiger partial charge in [0.15, 0.2) is 16.6 Å². The van der Waals surface area contributed by atoms with E-state index in [1.165, 1.54) is 11.3 Å². The lowest BCUT2D eigenvalue weighted by Gasteiger charge is -2.14. The molecule has 0 aliphatic carbocycles. The van der Waals surface area contributed by atoms with Crippen LogP contribution in [0.15, 0.2) is 5.38 Å². The van der Waals surface area contributed by atoms with Crippen LogP contribution in [0.4, 0.5) is 10.9 Å². The summed E-state index contributed by atoms with van der Waals surface area (Å²) in [7, 11) is 0. The number of H-pyrrole nitrogens is 1. The number of anilines is 2. The largest absolute Gasteiger partial charge is 0.380 e. The molecule has 1 amide bonds. The van der Waals surface area contributed by atoms with Gasteiger partial charge in [-0.3, -0.25) is 10.1 Å². The van der Waals surface area contributed by atoms with Gasteiger partial charge in [0, 0.05) is 10.8 Å². The first-order chi connectivity index (χ1) is 8.38. The van der Waals surface area contributed by atoms with E-state index in [-0.39, 0.29) is 16.9 Å². The average molecular weight is 266 g/mol. The van der Waals surface area contributed by atoms with Gasteiger partial charge >= 0.3 is 0 Å².